The second-order valence-corrected chi connectivity index (χ2v) is 4.73. The minimum Gasteiger partial charge on any atom is -0.357 e. The van der Waals surface area contributed by atoms with Gasteiger partial charge < -0.3 is 4.90 Å². The van der Waals surface area contributed by atoms with Gasteiger partial charge in [0.25, 0.3) is 0 Å². The van der Waals surface area contributed by atoms with E-state index in [-0.39, 0.29) is 5.24 Å². The zero-order chi connectivity index (χ0) is 10.7. The second-order valence-electron chi connectivity index (χ2n) is 4.30. The van der Waals surface area contributed by atoms with Crippen LogP contribution in [0.2, 0.25) is 0 Å². The van der Waals surface area contributed by atoms with Gasteiger partial charge in [0.2, 0.25) is 5.24 Å². The Morgan fingerprint density at radius 1 is 1.47 bits per heavy atom. The van der Waals surface area contributed by atoms with Crippen LogP contribution in [-0.2, 0) is 4.79 Å². The SMILES string of the molecule is O=C(Cl)CC1CCCCC2=NCCCN21. The van der Waals surface area contributed by atoms with Crippen molar-refractivity contribution in [1.29, 1.82) is 0 Å². The van der Waals surface area contributed by atoms with Crippen molar-refractivity contribution in [2.75, 3.05) is 13.1 Å². The van der Waals surface area contributed by atoms with Crippen LogP contribution in [0.1, 0.15) is 38.5 Å². The van der Waals surface area contributed by atoms with Crippen molar-refractivity contribution in [2.45, 2.75) is 44.6 Å². The van der Waals surface area contributed by atoms with Crippen LogP contribution in [0, 0.1) is 0 Å². The van der Waals surface area contributed by atoms with Crippen molar-refractivity contribution in [3.63, 3.8) is 0 Å². The molecule has 1 unspecified atom stereocenters. The van der Waals surface area contributed by atoms with Crippen molar-refractivity contribution in [3.8, 4) is 0 Å². The van der Waals surface area contributed by atoms with Gasteiger partial charge in [-0.25, -0.2) is 0 Å². The Hall–Kier alpha value is -0.570. The number of hydrogen-bond donors (Lipinski definition) is 0. The fraction of sp³-hybridized carbons (Fsp3) is 0.818. The molecule has 2 aliphatic heterocycles. The van der Waals surface area contributed by atoms with Crippen LogP contribution in [0.15, 0.2) is 4.99 Å². The maximum atomic E-state index is 11.0. The van der Waals surface area contributed by atoms with Crippen LogP contribution in [0.25, 0.3) is 0 Å². The highest BCUT2D eigenvalue weighted by molar-refractivity contribution is 6.63. The number of nitrogens with zero attached hydrogens (tertiary/aromatic N) is 2. The lowest BCUT2D eigenvalue weighted by Gasteiger charge is -2.34. The molecular weight excluding hydrogens is 212 g/mol. The topological polar surface area (TPSA) is 32.7 Å². The predicted molar refractivity (Wildman–Crippen MR) is 61.4 cm³/mol. The van der Waals surface area contributed by atoms with Gasteiger partial charge in [-0.2, -0.15) is 0 Å². The number of rotatable bonds is 2. The molecule has 0 spiro atoms. The van der Waals surface area contributed by atoms with E-state index in [0.29, 0.717) is 12.5 Å². The summed E-state index contributed by atoms with van der Waals surface area (Å²) in [7, 11) is 0. The molecule has 1 atom stereocenters. The number of halogens is 1. The first-order valence-corrected chi connectivity index (χ1v) is 6.13. The molecule has 0 saturated carbocycles. The molecule has 0 aliphatic carbocycles. The summed E-state index contributed by atoms with van der Waals surface area (Å²) in [5.41, 5.74) is 0. The van der Waals surface area contributed by atoms with Gasteiger partial charge in [-0.3, -0.25) is 9.79 Å². The molecule has 15 heavy (non-hydrogen) atoms. The average molecular weight is 229 g/mol. The first-order valence-electron chi connectivity index (χ1n) is 5.75. The lowest BCUT2D eigenvalue weighted by Crippen LogP contribution is -2.42. The van der Waals surface area contributed by atoms with Crippen LogP contribution < -0.4 is 0 Å². The van der Waals surface area contributed by atoms with Crippen LogP contribution in [0.3, 0.4) is 0 Å². The molecule has 0 N–H and O–H groups in total. The molecule has 2 aliphatic rings. The standard InChI is InChI=1S/C11H17ClN2O/c12-10(15)8-9-4-1-2-5-11-13-6-3-7-14(9)11/h9H,1-8H2. The molecule has 0 amide bonds. The molecule has 0 bridgehead atoms. The number of hydrogen-bond acceptors (Lipinski definition) is 3. The van der Waals surface area contributed by atoms with Gasteiger partial charge in [-0.05, 0) is 30.9 Å². The minimum absolute atomic E-state index is 0.216. The number of fused-ring (bicyclic) bond motifs is 1. The third-order valence-corrected chi connectivity index (χ3v) is 3.36. The van der Waals surface area contributed by atoms with Crippen LogP contribution in [0.5, 0.6) is 0 Å². The average Bonchev–Trinajstić information content (AvgIpc) is 2.41. The lowest BCUT2D eigenvalue weighted by atomic mass is 10.1. The summed E-state index contributed by atoms with van der Waals surface area (Å²) in [6, 6.07) is 0.302. The van der Waals surface area contributed by atoms with Crippen LogP contribution >= 0.6 is 11.6 Å². The smallest absolute Gasteiger partial charge is 0.223 e. The third kappa shape index (κ3) is 2.71. The normalized spacial score (nSPS) is 26.6. The Kier molecular flexibility index (Phi) is 3.62. The van der Waals surface area contributed by atoms with Gasteiger partial charge in [-0.1, -0.05) is 6.42 Å². The molecule has 0 aromatic heterocycles. The lowest BCUT2D eigenvalue weighted by molar-refractivity contribution is -0.112. The second kappa shape index (κ2) is 4.97. The Bertz CT molecular complexity index is 278. The first-order chi connectivity index (χ1) is 7.27. The van der Waals surface area contributed by atoms with Crippen molar-refractivity contribution < 1.29 is 4.79 Å². The van der Waals surface area contributed by atoms with Crippen molar-refractivity contribution in [1.82, 2.24) is 4.90 Å². The number of amidine groups is 1. The van der Waals surface area contributed by atoms with Gasteiger partial charge >= 0.3 is 0 Å². The minimum atomic E-state index is -0.216. The molecule has 0 aromatic rings. The summed E-state index contributed by atoms with van der Waals surface area (Å²) in [6.07, 6.45) is 6.12. The Labute approximate surface area is 95.5 Å². The van der Waals surface area contributed by atoms with Crippen molar-refractivity contribution in [2.24, 2.45) is 4.99 Å². The third-order valence-electron chi connectivity index (χ3n) is 3.21. The maximum Gasteiger partial charge on any atom is 0.223 e. The van der Waals surface area contributed by atoms with E-state index in [4.69, 9.17) is 11.6 Å². The first kappa shape index (κ1) is 10.9. The van der Waals surface area contributed by atoms with Gasteiger partial charge in [-0.15, -0.1) is 0 Å². The molecular formula is C11H17ClN2O. The van der Waals surface area contributed by atoms with Gasteiger partial charge in [0, 0.05) is 32.0 Å². The zero-order valence-corrected chi connectivity index (χ0v) is 9.67. The number of carbonyl (C=O) groups is 1. The molecule has 0 aromatic carbocycles. The number of aliphatic imine (C=N–C) groups is 1. The maximum absolute atomic E-state index is 11.0. The van der Waals surface area contributed by atoms with E-state index in [0.717, 1.165) is 32.4 Å². The van der Waals surface area contributed by atoms with E-state index in [1.165, 1.54) is 18.7 Å². The summed E-state index contributed by atoms with van der Waals surface area (Å²) in [4.78, 5) is 17.9. The summed E-state index contributed by atoms with van der Waals surface area (Å²) in [5, 5.41) is -0.216. The number of carbonyl (C=O) groups excluding carboxylic acids is 1. The van der Waals surface area contributed by atoms with E-state index < -0.39 is 0 Å². The fourth-order valence-corrected chi connectivity index (χ4v) is 2.68. The van der Waals surface area contributed by atoms with E-state index in [2.05, 4.69) is 9.89 Å². The van der Waals surface area contributed by atoms with E-state index in [1.807, 2.05) is 0 Å². The van der Waals surface area contributed by atoms with Gasteiger partial charge in [0.05, 0.1) is 5.84 Å². The molecule has 2 rings (SSSR count). The Balaban J connectivity index is 2.10. The monoisotopic (exact) mass is 228 g/mol. The molecule has 0 radical (unpaired) electrons. The fourth-order valence-electron chi connectivity index (χ4n) is 2.50. The summed E-state index contributed by atoms with van der Waals surface area (Å²) < 4.78 is 0. The Morgan fingerprint density at radius 2 is 2.33 bits per heavy atom. The summed E-state index contributed by atoms with van der Waals surface area (Å²) in [5.74, 6) is 1.21. The zero-order valence-electron chi connectivity index (χ0n) is 8.91. The predicted octanol–water partition coefficient (Wildman–Crippen LogP) is 2.19. The quantitative estimate of drug-likeness (QED) is 0.679. The van der Waals surface area contributed by atoms with Crippen LogP contribution in [0.4, 0.5) is 0 Å². The highest BCUT2D eigenvalue weighted by Gasteiger charge is 2.27. The van der Waals surface area contributed by atoms with E-state index in [1.54, 1.807) is 0 Å². The van der Waals surface area contributed by atoms with Gasteiger partial charge in [0.1, 0.15) is 0 Å². The van der Waals surface area contributed by atoms with Crippen molar-refractivity contribution in [3.05, 3.63) is 0 Å². The van der Waals surface area contributed by atoms with Crippen LogP contribution in [-0.4, -0.2) is 35.1 Å². The molecule has 84 valence electrons. The molecule has 3 nitrogen and oxygen atoms in total. The highest BCUT2D eigenvalue weighted by atomic mass is 35.5. The molecule has 4 heteroatoms. The molecule has 1 fully saturated rings. The highest BCUT2D eigenvalue weighted by Crippen LogP contribution is 2.23. The Morgan fingerprint density at radius 3 is 3.13 bits per heavy atom. The van der Waals surface area contributed by atoms with Crippen molar-refractivity contribution >= 4 is 22.7 Å². The molecule has 1 saturated heterocycles. The molecule has 2 heterocycles. The van der Waals surface area contributed by atoms with Gasteiger partial charge in [0.15, 0.2) is 0 Å². The van der Waals surface area contributed by atoms with E-state index >= 15 is 0 Å². The summed E-state index contributed by atoms with van der Waals surface area (Å²) >= 11 is 5.49. The van der Waals surface area contributed by atoms with E-state index in [9.17, 15) is 4.79 Å². The largest absolute Gasteiger partial charge is 0.357 e. The summed E-state index contributed by atoms with van der Waals surface area (Å²) in [6.45, 7) is 2.00.